The van der Waals surface area contributed by atoms with E-state index in [1.807, 2.05) is 6.08 Å². The van der Waals surface area contributed by atoms with Crippen LogP contribution in [0.1, 0.15) is 259 Å². The monoisotopic (exact) mass is 1080 g/mol. The number of carbonyl (C=O) groups excluding carboxylic acids is 4. The summed E-state index contributed by atoms with van der Waals surface area (Å²) in [6.45, 7) is 10.6. The van der Waals surface area contributed by atoms with Crippen LogP contribution in [-0.2, 0) is 33.4 Å². The molecule has 7 N–H and O–H groups in total. The number of ether oxygens (including phenoxy) is 3. The first-order chi connectivity index (χ1) is 36.6. The number of methoxy groups -OCH3 is 1. The smallest absolute Gasteiger partial charge is 0.369 e. The van der Waals surface area contributed by atoms with Gasteiger partial charge in [-0.05, 0) is 50.4 Å². The molecule has 0 radical (unpaired) electrons. The van der Waals surface area contributed by atoms with Gasteiger partial charge in [-0.3, -0.25) is 14.4 Å². The normalized spacial score (nSPS) is 22.1. The van der Waals surface area contributed by atoms with Crippen molar-refractivity contribution in [1.29, 1.82) is 0 Å². The summed E-state index contributed by atoms with van der Waals surface area (Å²) in [6, 6.07) is -2.02. The van der Waals surface area contributed by atoms with Crippen molar-refractivity contribution in [2.45, 2.75) is 314 Å². The second kappa shape index (κ2) is 42.3. The summed E-state index contributed by atoms with van der Waals surface area (Å²) in [5, 5.41) is 61.6. The van der Waals surface area contributed by atoms with Crippen LogP contribution >= 0.6 is 0 Å². The molecule has 0 unspecified atom stereocenters. The maximum Gasteiger partial charge on any atom is 0.369 e. The molecule has 444 valence electrons. The molecule has 15 heteroatoms. The molecule has 0 aromatic rings. The number of nitrogens with zero attached hydrogens (tertiary/aromatic N) is 1. The summed E-state index contributed by atoms with van der Waals surface area (Å²) < 4.78 is 17.0. The molecule has 76 heavy (non-hydrogen) atoms. The van der Waals surface area contributed by atoms with Gasteiger partial charge in [0.2, 0.25) is 17.7 Å². The molecule has 9 atom stereocenters. The number of unbranched alkanes of at least 4 members (excludes halogenated alkanes) is 26. The van der Waals surface area contributed by atoms with Gasteiger partial charge in [0.1, 0.15) is 36.6 Å². The van der Waals surface area contributed by atoms with Crippen LogP contribution in [0.3, 0.4) is 0 Å². The Balaban J connectivity index is 2.05. The molecular weight excluding hydrogens is 967 g/mol. The van der Waals surface area contributed by atoms with Gasteiger partial charge in [-0.25, -0.2) is 4.79 Å². The molecule has 0 saturated carbocycles. The van der Waals surface area contributed by atoms with E-state index in [0.717, 1.165) is 89.6 Å². The average molecular weight is 1080 g/mol. The van der Waals surface area contributed by atoms with Crippen LogP contribution in [0.15, 0.2) is 12.2 Å². The number of aliphatic hydroxyl groups excluding tert-OH is 5. The lowest BCUT2D eigenvalue weighted by Crippen LogP contribution is -2.70. The van der Waals surface area contributed by atoms with Crippen molar-refractivity contribution in [2.75, 3.05) is 26.8 Å². The molecule has 2 fully saturated rings. The molecule has 2 aliphatic heterocycles. The van der Waals surface area contributed by atoms with Crippen molar-refractivity contribution in [3.05, 3.63) is 12.2 Å². The quantitative estimate of drug-likeness (QED) is 0.0172. The van der Waals surface area contributed by atoms with E-state index in [9.17, 15) is 44.7 Å². The molecule has 0 aromatic carbocycles. The van der Waals surface area contributed by atoms with Crippen molar-refractivity contribution < 1.29 is 58.9 Å². The molecule has 3 amide bonds. The zero-order valence-electron chi connectivity index (χ0n) is 48.8. The van der Waals surface area contributed by atoms with Crippen LogP contribution in [0.25, 0.3) is 0 Å². The Hall–Kier alpha value is -2.66. The number of aliphatic hydroxyl groups is 5. The van der Waals surface area contributed by atoms with E-state index < -0.39 is 85.4 Å². The Bertz CT molecular complexity index is 1550. The van der Waals surface area contributed by atoms with Crippen LogP contribution < -0.4 is 10.6 Å². The third-order valence-electron chi connectivity index (χ3n) is 15.6. The first-order valence-electron chi connectivity index (χ1n) is 30.9. The van der Waals surface area contributed by atoms with Crippen molar-refractivity contribution in [2.24, 2.45) is 11.8 Å². The summed E-state index contributed by atoms with van der Waals surface area (Å²) in [5.41, 5.74) is 0. The molecule has 0 aliphatic carbocycles. The molecule has 2 aliphatic rings. The zero-order chi connectivity index (χ0) is 56.0. The largest absolute Gasteiger partial charge is 0.465 e. The lowest BCUT2D eigenvalue weighted by molar-refractivity contribution is -0.350. The molecule has 0 spiro atoms. The number of nitrogens with one attached hydrogen (secondary N) is 2. The highest BCUT2D eigenvalue weighted by Gasteiger charge is 2.60. The van der Waals surface area contributed by atoms with Gasteiger partial charge in [0.15, 0.2) is 0 Å². The van der Waals surface area contributed by atoms with Crippen LogP contribution in [0.5, 0.6) is 0 Å². The number of amides is 3. The minimum atomic E-state index is -2.78. The Labute approximate surface area is 461 Å². The molecular formula is C61H113N3O12. The predicted octanol–water partition coefficient (Wildman–Crippen LogP) is 10.4. The maximum absolute atomic E-state index is 13.7. The van der Waals surface area contributed by atoms with Crippen molar-refractivity contribution in [3.8, 4) is 0 Å². The summed E-state index contributed by atoms with van der Waals surface area (Å²) >= 11 is 0. The minimum Gasteiger partial charge on any atom is -0.465 e. The molecule has 2 heterocycles. The lowest BCUT2D eigenvalue weighted by atomic mass is 9.91. The number of rotatable bonds is 46. The van der Waals surface area contributed by atoms with Gasteiger partial charge in [0.05, 0.1) is 25.9 Å². The highest BCUT2D eigenvalue weighted by molar-refractivity contribution is 5.88. The van der Waals surface area contributed by atoms with Gasteiger partial charge in [-0.1, -0.05) is 227 Å². The Kier molecular flexibility index (Phi) is 38.6. The van der Waals surface area contributed by atoms with E-state index >= 15 is 0 Å². The number of carbonyl (C=O) groups is 4. The second-order valence-corrected chi connectivity index (χ2v) is 23.3. The summed E-state index contributed by atoms with van der Waals surface area (Å²) in [6.07, 6.45) is 29.8. The third-order valence-corrected chi connectivity index (χ3v) is 15.6. The number of likely N-dealkylation sites (tertiary alicyclic amines) is 1. The Morgan fingerprint density at radius 3 is 1.67 bits per heavy atom. The van der Waals surface area contributed by atoms with Crippen LogP contribution in [0, 0.1) is 11.8 Å². The molecule has 15 nitrogen and oxygen atoms in total. The minimum absolute atomic E-state index is 0.0932. The zero-order valence-corrected chi connectivity index (χ0v) is 48.8. The van der Waals surface area contributed by atoms with Crippen LogP contribution in [0.4, 0.5) is 0 Å². The van der Waals surface area contributed by atoms with Crippen molar-refractivity contribution in [3.63, 3.8) is 0 Å². The highest BCUT2D eigenvalue weighted by Crippen LogP contribution is 2.33. The average Bonchev–Trinajstić information content (AvgIpc) is 3.91. The second-order valence-electron chi connectivity index (χ2n) is 23.3. The van der Waals surface area contributed by atoms with E-state index in [2.05, 4.69) is 45.3 Å². The number of esters is 1. The number of hydrogen-bond acceptors (Lipinski definition) is 12. The van der Waals surface area contributed by atoms with E-state index in [1.54, 1.807) is 4.90 Å². The van der Waals surface area contributed by atoms with E-state index in [0.29, 0.717) is 38.6 Å². The predicted molar refractivity (Wildman–Crippen MR) is 302 cm³/mol. The number of hydrogen-bond donors (Lipinski definition) is 7. The summed E-state index contributed by atoms with van der Waals surface area (Å²) in [4.78, 5) is 55.7. The van der Waals surface area contributed by atoms with Crippen LogP contribution in [0.2, 0.25) is 0 Å². The first kappa shape index (κ1) is 69.4. The van der Waals surface area contributed by atoms with Gasteiger partial charge < -0.3 is 55.3 Å². The van der Waals surface area contributed by atoms with Gasteiger partial charge in [-0.2, -0.15) is 0 Å². The van der Waals surface area contributed by atoms with Gasteiger partial charge >= 0.3 is 5.97 Å². The highest BCUT2D eigenvalue weighted by atomic mass is 16.7. The fourth-order valence-corrected chi connectivity index (χ4v) is 10.6. The molecule has 0 aromatic heterocycles. The summed E-state index contributed by atoms with van der Waals surface area (Å²) in [5.74, 6) is -3.93. The fourth-order valence-electron chi connectivity index (χ4n) is 10.6. The van der Waals surface area contributed by atoms with Crippen LogP contribution in [-0.4, -0.2) is 135 Å². The van der Waals surface area contributed by atoms with Crippen molar-refractivity contribution in [1.82, 2.24) is 15.5 Å². The van der Waals surface area contributed by atoms with Gasteiger partial charge in [0, 0.05) is 19.5 Å². The van der Waals surface area contributed by atoms with E-state index in [1.165, 1.54) is 122 Å². The van der Waals surface area contributed by atoms with Gasteiger partial charge in [0.25, 0.3) is 5.79 Å². The standard InChI is InChI=1S/C61H113N3O12/c1-7-8-9-10-11-12-13-14-15-19-26-31-36-43-54(67)64-44-37-40-50(64)58(71)62-45-53-55(68)56(69)57(70)61(76-53,60(73)74-6)75-46-49(51(65)41-34-29-24-18-16-17-22-27-32-38-47(2)3)63-59(72)52(66)42-35-30-25-21-20-23-28-33-39-48(4)5/h34,41,47-53,55-57,65-66,68-70H,7-33,35-40,42-46H2,1-6H3,(H,62,71)(H,63,72)/b41-34+/t49-,50+,51-,52-,53-,55-,56+,57+,61-/m1/s1. The Morgan fingerprint density at radius 1 is 0.671 bits per heavy atom. The lowest BCUT2D eigenvalue weighted by Gasteiger charge is -2.46. The van der Waals surface area contributed by atoms with E-state index in [-0.39, 0.29) is 12.3 Å². The van der Waals surface area contributed by atoms with E-state index in [4.69, 9.17) is 14.2 Å². The SMILES string of the molecule is CCCCCCCCCCCCCCCC(=O)N1CCC[C@H]1C(=O)NC[C@H]1O[C@@](OC[C@@H](NC(=O)[C@H](O)CCCCCCCCCCC(C)C)[C@H](O)/C=C/CCCCCCCCCC(C)C)(C(=O)OC)[C@@H](O)[C@@H](O)[C@@H]1O. The van der Waals surface area contributed by atoms with Crippen molar-refractivity contribution >= 4 is 23.7 Å². The number of allylic oxidation sites excluding steroid dienone is 1. The molecule has 2 rings (SSSR count). The fraction of sp³-hybridized carbons (Fsp3) is 0.902. The Morgan fingerprint density at radius 2 is 1.16 bits per heavy atom. The summed E-state index contributed by atoms with van der Waals surface area (Å²) in [7, 11) is 1.02. The molecule has 2 saturated heterocycles. The first-order valence-corrected chi connectivity index (χ1v) is 30.9. The maximum atomic E-state index is 13.7. The third kappa shape index (κ3) is 28.5. The topological polar surface area (TPSA) is 224 Å². The molecule has 0 bridgehead atoms. The van der Waals surface area contributed by atoms with Gasteiger partial charge in [-0.15, -0.1) is 0 Å².